The zero-order chi connectivity index (χ0) is 11.2. The molecule has 1 atom stereocenters. The average molecular weight is 272 g/mol. The second-order valence-electron chi connectivity index (χ2n) is 3.86. The van der Waals surface area contributed by atoms with E-state index < -0.39 is 0 Å². The summed E-state index contributed by atoms with van der Waals surface area (Å²) in [5.74, 6) is 1.13. The van der Waals surface area contributed by atoms with E-state index in [1.165, 1.54) is 0 Å². The van der Waals surface area contributed by atoms with Crippen molar-refractivity contribution in [1.82, 2.24) is 14.5 Å². The number of carbonyl (C=O) groups excluding carboxylic acids is 1. The van der Waals surface area contributed by atoms with Crippen LogP contribution in [0.1, 0.15) is 31.4 Å². The van der Waals surface area contributed by atoms with E-state index in [2.05, 4.69) is 27.8 Å². The molecule has 1 aliphatic heterocycles. The van der Waals surface area contributed by atoms with E-state index in [1.807, 2.05) is 18.5 Å². The molecule has 1 aromatic heterocycles. The summed E-state index contributed by atoms with van der Waals surface area (Å²) in [6.45, 7) is 4.61. The molecule has 15 heavy (non-hydrogen) atoms. The fourth-order valence-corrected chi connectivity index (χ4v) is 2.59. The van der Waals surface area contributed by atoms with Crippen LogP contribution in [0.4, 0.5) is 0 Å². The molecule has 1 aliphatic rings. The smallest absolute Gasteiger partial charge is 0.245 e. The quantitative estimate of drug-likeness (QED) is 0.781. The molecule has 0 aliphatic carbocycles. The molecule has 0 bridgehead atoms. The molecule has 1 unspecified atom stereocenters. The number of imidazole rings is 1. The predicted molar refractivity (Wildman–Crippen MR) is 60.5 cm³/mol. The SMILES string of the molecule is CCc1nc(Br)c2n1C(C)C(=O)N(C)C2. The predicted octanol–water partition coefficient (Wildman–Crippen LogP) is 1.74. The number of carbonyl (C=O) groups is 1. The highest BCUT2D eigenvalue weighted by Crippen LogP contribution is 2.29. The number of hydrogen-bond acceptors (Lipinski definition) is 2. The lowest BCUT2D eigenvalue weighted by molar-refractivity contribution is -0.135. The van der Waals surface area contributed by atoms with Gasteiger partial charge in [-0.25, -0.2) is 4.98 Å². The molecule has 0 N–H and O–H groups in total. The molecule has 0 radical (unpaired) electrons. The first-order chi connectivity index (χ1) is 7.06. The second kappa shape index (κ2) is 3.63. The number of hydrogen-bond donors (Lipinski definition) is 0. The minimum absolute atomic E-state index is 0.132. The summed E-state index contributed by atoms with van der Waals surface area (Å²) in [5, 5.41) is 0. The Kier molecular flexibility index (Phi) is 2.58. The zero-order valence-corrected chi connectivity index (χ0v) is 10.7. The van der Waals surface area contributed by atoms with Gasteiger partial charge in [0.05, 0.1) is 12.2 Å². The third kappa shape index (κ3) is 1.49. The van der Waals surface area contributed by atoms with Gasteiger partial charge in [-0.3, -0.25) is 4.79 Å². The number of aryl methyl sites for hydroxylation is 1. The van der Waals surface area contributed by atoms with Gasteiger partial charge in [-0.05, 0) is 22.9 Å². The molecule has 0 aromatic carbocycles. The summed E-state index contributed by atoms with van der Waals surface area (Å²) in [7, 11) is 1.83. The number of rotatable bonds is 1. The fourth-order valence-electron chi connectivity index (χ4n) is 2.07. The number of nitrogens with zero attached hydrogens (tertiary/aromatic N) is 3. The first-order valence-corrected chi connectivity index (χ1v) is 5.86. The van der Waals surface area contributed by atoms with Crippen molar-refractivity contribution in [3.05, 3.63) is 16.1 Å². The van der Waals surface area contributed by atoms with Crippen molar-refractivity contribution >= 4 is 21.8 Å². The first-order valence-electron chi connectivity index (χ1n) is 5.06. The van der Waals surface area contributed by atoms with E-state index in [0.29, 0.717) is 6.54 Å². The van der Waals surface area contributed by atoms with Gasteiger partial charge in [0.15, 0.2) is 0 Å². The molecule has 5 heteroatoms. The van der Waals surface area contributed by atoms with Crippen molar-refractivity contribution in [2.24, 2.45) is 0 Å². The Morgan fingerprint density at radius 3 is 2.87 bits per heavy atom. The Morgan fingerprint density at radius 2 is 2.27 bits per heavy atom. The van der Waals surface area contributed by atoms with Crippen LogP contribution in [0.5, 0.6) is 0 Å². The van der Waals surface area contributed by atoms with Crippen LogP contribution in [0.2, 0.25) is 0 Å². The van der Waals surface area contributed by atoms with Gasteiger partial charge in [0.1, 0.15) is 16.5 Å². The van der Waals surface area contributed by atoms with Gasteiger partial charge in [0, 0.05) is 13.5 Å². The Morgan fingerprint density at radius 1 is 1.60 bits per heavy atom. The van der Waals surface area contributed by atoms with E-state index in [9.17, 15) is 4.79 Å². The molecule has 0 saturated heterocycles. The summed E-state index contributed by atoms with van der Waals surface area (Å²) < 4.78 is 2.91. The average Bonchev–Trinajstić information content (AvgIpc) is 2.52. The summed E-state index contributed by atoms with van der Waals surface area (Å²) >= 11 is 3.45. The summed E-state index contributed by atoms with van der Waals surface area (Å²) in [5.41, 5.74) is 1.10. The number of fused-ring (bicyclic) bond motifs is 1. The van der Waals surface area contributed by atoms with Gasteiger partial charge in [-0.2, -0.15) is 0 Å². The molecule has 0 spiro atoms. The Bertz CT molecular complexity index is 413. The monoisotopic (exact) mass is 271 g/mol. The Balaban J connectivity index is 2.57. The maximum atomic E-state index is 11.8. The van der Waals surface area contributed by atoms with E-state index in [4.69, 9.17) is 0 Å². The van der Waals surface area contributed by atoms with E-state index in [-0.39, 0.29) is 11.9 Å². The number of likely N-dealkylation sites (N-methyl/N-ethyl adjacent to an activating group) is 1. The topological polar surface area (TPSA) is 38.1 Å². The van der Waals surface area contributed by atoms with E-state index >= 15 is 0 Å². The summed E-state index contributed by atoms with van der Waals surface area (Å²) in [6.07, 6.45) is 0.847. The third-order valence-corrected chi connectivity index (χ3v) is 3.49. The lowest BCUT2D eigenvalue weighted by Gasteiger charge is -2.30. The third-order valence-electron chi connectivity index (χ3n) is 2.86. The zero-order valence-electron chi connectivity index (χ0n) is 9.12. The van der Waals surface area contributed by atoms with Crippen molar-refractivity contribution in [2.45, 2.75) is 32.9 Å². The van der Waals surface area contributed by atoms with Crippen molar-refractivity contribution < 1.29 is 4.79 Å². The van der Waals surface area contributed by atoms with Crippen molar-refractivity contribution in [2.75, 3.05) is 7.05 Å². The van der Waals surface area contributed by atoms with Crippen LogP contribution in [0.25, 0.3) is 0 Å². The summed E-state index contributed by atoms with van der Waals surface area (Å²) in [4.78, 5) is 18.0. The normalized spacial score (nSPS) is 20.7. The molecular formula is C10H14BrN3O. The Hall–Kier alpha value is -0.840. The Labute approximate surface area is 97.4 Å². The maximum absolute atomic E-state index is 11.8. The van der Waals surface area contributed by atoms with Crippen molar-refractivity contribution in [1.29, 1.82) is 0 Å². The molecule has 2 heterocycles. The van der Waals surface area contributed by atoms with Crippen LogP contribution in [-0.2, 0) is 17.8 Å². The van der Waals surface area contributed by atoms with Gasteiger partial charge >= 0.3 is 0 Å². The number of amides is 1. The lowest BCUT2D eigenvalue weighted by atomic mass is 10.2. The molecule has 0 fully saturated rings. The minimum Gasteiger partial charge on any atom is -0.338 e. The van der Waals surface area contributed by atoms with Crippen LogP contribution in [0.3, 0.4) is 0 Å². The highest BCUT2D eigenvalue weighted by Gasteiger charge is 2.31. The van der Waals surface area contributed by atoms with Crippen molar-refractivity contribution in [3.63, 3.8) is 0 Å². The van der Waals surface area contributed by atoms with E-state index in [1.54, 1.807) is 4.90 Å². The largest absolute Gasteiger partial charge is 0.338 e. The van der Waals surface area contributed by atoms with Crippen molar-refractivity contribution in [3.8, 4) is 0 Å². The van der Waals surface area contributed by atoms with Gasteiger partial charge in [-0.15, -0.1) is 0 Å². The molecular weight excluding hydrogens is 258 g/mol. The number of halogens is 1. The van der Waals surface area contributed by atoms with Gasteiger partial charge in [-0.1, -0.05) is 6.92 Å². The standard InChI is InChI=1S/C10H14BrN3O/c1-4-8-12-9(11)7-5-13(3)10(15)6(2)14(7)8/h6H,4-5H2,1-3H3. The van der Waals surface area contributed by atoms with Crippen LogP contribution in [0.15, 0.2) is 4.60 Å². The molecule has 2 rings (SSSR count). The first kappa shape index (κ1) is 10.7. The van der Waals surface area contributed by atoms with E-state index in [0.717, 1.165) is 22.5 Å². The minimum atomic E-state index is -0.132. The van der Waals surface area contributed by atoms with Crippen LogP contribution < -0.4 is 0 Å². The van der Waals surface area contributed by atoms with Crippen LogP contribution >= 0.6 is 15.9 Å². The molecule has 82 valence electrons. The van der Waals surface area contributed by atoms with Gasteiger partial charge < -0.3 is 9.47 Å². The second-order valence-corrected chi connectivity index (χ2v) is 4.61. The van der Waals surface area contributed by atoms with Gasteiger partial charge in [0.2, 0.25) is 5.91 Å². The molecule has 1 aromatic rings. The highest BCUT2D eigenvalue weighted by molar-refractivity contribution is 9.10. The van der Waals surface area contributed by atoms with Crippen LogP contribution in [0, 0.1) is 0 Å². The molecule has 4 nitrogen and oxygen atoms in total. The maximum Gasteiger partial charge on any atom is 0.245 e. The van der Waals surface area contributed by atoms with Crippen LogP contribution in [-0.4, -0.2) is 27.4 Å². The number of aromatic nitrogens is 2. The highest BCUT2D eigenvalue weighted by atomic mass is 79.9. The molecule has 1 amide bonds. The van der Waals surface area contributed by atoms with Gasteiger partial charge in [0.25, 0.3) is 0 Å². The molecule has 0 saturated carbocycles. The summed E-state index contributed by atoms with van der Waals surface area (Å²) in [6, 6.07) is -0.132. The fraction of sp³-hybridized carbons (Fsp3) is 0.600. The lowest BCUT2D eigenvalue weighted by Crippen LogP contribution is -2.39.